The van der Waals surface area contributed by atoms with Crippen molar-refractivity contribution < 1.29 is 62.7 Å². The Bertz CT molecular complexity index is 2280. The van der Waals surface area contributed by atoms with E-state index in [0.717, 1.165) is 29.3 Å². The second-order valence-electron chi connectivity index (χ2n) is 10.6. The summed E-state index contributed by atoms with van der Waals surface area (Å²) >= 11 is 11.0. The molecule has 0 aliphatic rings. The molecule has 0 bridgehead atoms. The summed E-state index contributed by atoms with van der Waals surface area (Å²) in [6.07, 6.45) is -7.14. The minimum atomic E-state index is -4.85. The van der Waals surface area contributed by atoms with Gasteiger partial charge in [-0.25, -0.2) is 36.7 Å². The Kier molecular flexibility index (Phi) is 13.0. The fourth-order valence-corrected chi connectivity index (χ4v) is 6.67. The quantitative estimate of drug-likeness (QED) is 0.117. The normalized spacial score (nSPS) is 12.0. The molecule has 0 radical (unpaired) electrons. The molecular weight excluding hydrogens is 807 g/mol. The highest BCUT2D eigenvalue weighted by Crippen LogP contribution is 2.37. The molecule has 0 unspecified atom stereocenters. The molecule has 53 heavy (non-hydrogen) atoms. The summed E-state index contributed by atoms with van der Waals surface area (Å²) in [7, 11) is -6.46. The molecule has 23 heteroatoms. The highest BCUT2D eigenvalue weighted by molar-refractivity contribution is 7.93. The molecule has 2 heterocycles. The number of halogens is 8. The number of nitrogens with zero attached hydrogens (tertiary/aromatic N) is 3. The van der Waals surface area contributed by atoms with Gasteiger partial charge >= 0.3 is 18.3 Å². The topological polar surface area (TPSA) is 185 Å². The van der Waals surface area contributed by atoms with Crippen LogP contribution >= 0.6 is 23.2 Å². The highest BCUT2D eigenvalue weighted by atomic mass is 35.5. The van der Waals surface area contributed by atoms with E-state index in [9.17, 15) is 52.8 Å². The SMILES string of the molecule is CON(C)C(=O)c1ncc(C)cc1NS(=O)(=O)c1ccc(Cl)c(C(F)(F)F)c1.Cc1cnc(C(=O)O)c(NS(=O)(=O)c2ccc(Cl)c(C(F)(F)F)c2)c1. The van der Waals surface area contributed by atoms with Gasteiger partial charge in [0.05, 0.1) is 49.4 Å². The Morgan fingerprint density at radius 1 is 0.736 bits per heavy atom. The first kappa shape index (κ1) is 42.7. The van der Waals surface area contributed by atoms with Crippen LogP contribution in [0.15, 0.2) is 70.7 Å². The average Bonchev–Trinajstić information content (AvgIpc) is 3.03. The Hall–Kier alpha value is -4.70. The standard InChI is InChI=1S/C16H15ClF3N3O4S.C14H10ClF3N2O4S/c1-9-6-13(14(21-8-9)15(24)23(2)27-3)22-28(25,26)10-4-5-12(17)11(7-10)16(18,19)20;1-7-4-11(12(13(21)22)19-6-7)20-25(23,24)8-2-3-10(15)9(5-8)14(16,17)18/h4-8,22H,1-3H3;2-6,20H,1H3,(H,21,22). The predicted molar refractivity (Wildman–Crippen MR) is 179 cm³/mol. The number of amides is 1. The van der Waals surface area contributed by atoms with Gasteiger partial charge in [0.25, 0.3) is 26.0 Å². The van der Waals surface area contributed by atoms with E-state index >= 15 is 0 Å². The van der Waals surface area contributed by atoms with Gasteiger partial charge < -0.3 is 5.11 Å². The van der Waals surface area contributed by atoms with Crippen LogP contribution in [0, 0.1) is 13.8 Å². The number of nitrogens with one attached hydrogen (secondary N) is 2. The molecular formula is C30H25Cl2F6N5O8S2. The highest BCUT2D eigenvalue weighted by Gasteiger charge is 2.36. The number of rotatable bonds is 9. The van der Waals surface area contributed by atoms with E-state index in [1.807, 2.05) is 4.72 Å². The van der Waals surface area contributed by atoms with Crippen LogP contribution in [-0.4, -0.2) is 63.0 Å². The lowest BCUT2D eigenvalue weighted by molar-refractivity contribution is -0.138. The Morgan fingerprint density at radius 2 is 1.11 bits per heavy atom. The largest absolute Gasteiger partial charge is 0.476 e. The van der Waals surface area contributed by atoms with E-state index in [1.54, 1.807) is 13.8 Å². The zero-order chi connectivity index (χ0) is 40.3. The van der Waals surface area contributed by atoms with Crippen LogP contribution in [0.3, 0.4) is 0 Å². The number of pyridine rings is 2. The number of alkyl halides is 6. The molecule has 2 aromatic carbocycles. The number of aromatic nitrogens is 2. The zero-order valence-corrected chi connectivity index (χ0v) is 30.4. The second kappa shape index (κ2) is 16.1. The van der Waals surface area contributed by atoms with E-state index in [4.69, 9.17) is 33.1 Å². The van der Waals surface area contributed by atoms with Gasteiger partial charge in [0, 0.05) is 19.4 Å². The van der Waals surface area contributed by atoms with Crippen LogP contribution in [0.2, 0.25) is 10.0 Å². The third-order valence-electron chi connectivity index (χ3n) is 6.61. The van der Waals surface area contributed by atoms with E-state index in [2.05, 4.69) is 14.7 Å². The molecule has 0 aliphatic carbocycles. The first-order valence-electron chi connectivity index (χ1n) is 14.1. The summed E-state index contributed by atoms with van der Waals surface area (Å²) < 4.78 is 132. The number of carboxylic acids is 1. The van der Waals surface area contributed by atoms with Crippen molar-refractivity contribution in [3.05, 3.63) is 105 Å². The van der Waals surface area contributed by atoms with Crippen molar-refractivity contribution in [1.29, 1.82) is 0 Å². The summed E-state index contributed by atoms with van der Waals surface area (Å²) in [4.78, 5) is 34.3. The van der Waals surface area contributed by atoms with Crippen molar-refractivity contribution in [3.8, 4) is 0 Å². The van der Waals surface area contributed by atoms with Crippen molar-refractivity contribution in [3.63, 3.8) is 0 Å². The number of hydroxylamine groups is 2. The number of hydrogen-bond acceptors (Lipinski definition) is 9. The molecule has 2 aromatic heterocycles. The monoisotopic (exact) mass is 831 g/mol. The van der Waals surface area contributed by atoms with Crippen LogP contribution in [0.1, 0.15) is 43.2 Å². The minimum absolute atomic E-state index is 0.211. The summed E-state index contributed by atoms with van der Waals surface area (Å²) in [5.41, 5.74) is -3.10. The number of anilines is 2. The van der Waals surface area contributed by atoms with Crippen molar-refractivity contribution >= 4 is 66.5 Å². The maximum atomic E-state index is 13.0. The maximum Gasteiger partial charge on any atom is 0.417 e. The first-order chi connectivity index (χ1) is 24.3. The van der Waals surface area contributed by atoms with Crippen LogP contribution in [-0.2, 0) is 37.2 Å². The number of sulfonamides is 2. The van der Waals surface area contributed by atoms with E-state index in [0.29, 0.717) is 23.3 Å². The summed E-state index contributed by atoms with van der Waals surface area (Å²) in [5.74, 6) is -2.25. The molecule has 13 nitrogen and oxygen atoms in total. The van der Waals surface area contributed by atoms with Gasteiger partial charge in [0.15, 0.2) is 11.4 Å². The van der Waals surface area contributed by atoms with Crippen LogP contribution in [0.25, 0.3) is 0 Å². The van der Waals surface area contributed by atoms with Crippen LogP contribution in [0.4, 0.5) is 37.7 Å². The van der Waals surface area contributed by atoms with Gasteiger partial charge in [-0.05, 0) is 73.5 Å². The third kappa shape index (κ3) is 10.7. The molecule has 1 amide bonds. The van der Waals surface area contributed by atoms with E-state index < -0.39 is 80.9 Å². The number of benzene rings is 2. The minimum Gasteiger partial charge on any atom is -0.476 e. The van der Waals surface area contributed by atoms with Gasteiger partial charge in [0.1, 0.15) is 0 Å². The Labute approximate surface area is 307 Å². The number of aryl methyl sites for hydroxylation is 2. The molecule has 4 rings (SSSR count). The van der Waals surface area contributed by atoms with Crippen LogP contribution < -0.4 is 9.44 Å². The summed E-state index contributed by atoms with van der Waals surface area (Å²) in [6, 6.07) is 6.74. The molecule has 0 spiro atoms. The van der Waals surface area contributed by atoms with Gasteiger partial charge in [-0.3, -0.25) is 19.1 Å². The fourth-order valence-electron chi connectivity index (χ4n) is 4.05. The first-order valence-corrected chi connectivity index (χ1v) is 17.8. The smallest absolute Gasteiger partial charge is 0.417 e. The van der Waals surface area contributed by atoms with E-state index in [1.165, 1.54) is 38.7 Å². The maximum absolute atomic E-state index is 13.0. The van der Waals surface area contributed by atoms with Gasteiger partial charge in [-0.1, -0.05) is 23.2 Å². The molecule has 4 aromatic rings. The van der Waals surface area contributed by atoms with Crippen molar-refractivity contribution in [1.82, 2.24) is 15.0 Å². The van der Waals surface area contributed by atoms with Crippen molar-refractivity contribution in [2.75, 3.05) is 23.6 Å². The number of carbonyl (C=O) groups is 2. The van der Waals surface area contributed by atoms with Gasteiger partial charge in [-0.15, -0.1) is 0 Å². The predicted octanol–water partition coefficient (Wildman–Crippen LogP) is 7.06. The molecule has 0 atom stereocenters. The molecule has 0 saturated heterocycles. The van der Waals surface area contributed by atoms with E-state index in [-0.39, 0.29) is 17.1 Å². The number of aromatic carboxylic acids is 1. The molecule has 0 saturated carbocycles. The number of carbonyl (C=O) groups excluding carboxylic acids is 1. The van der Waals surface area contributed by atoms with Crippen molar-refractivity contribution in [2.45, 2.75) is 36.0 Å². The molecule has 3 N–H and O–H groups in total. The lowest BCUT2D eigenvalue weighted by Gasteiger charge is -2.17. The molecule has 286 valence electrons. The van der Waals surface area contributed by atoms with Crippen LogP contribution in [0.5, 0.6) is 0 Å². The average molecular weight is 833 g/mol. The van der Waals surface area contributed by atoms with Crippen molar-refractivity contribution in [2.24, 2.45) is 0 Å². The number of hydrogen-bond donors (Lipinski definition) is 3. The molecule has 0 fully saturated rings. The second-order valence-corrected chi connectivity index (χ2v) is 14.8. The van der Waals surface area contributed by atoms with Gasteiger partial charge in [0.2, 0.25) is 0 Å². The number of carboxylic acid groups (broad SMARTS) is 1. The van der Waals surface area contributed by atoms with Gasteiger partial charge in [-0.2, -0.15) is 26.3 Å². The fraction of sp³-hybridized carbons (Fsp3) is 0.200. The molecule has 0 aliphatic heterocycles. The summed E-state index contributed by atoms with van der Waals surface area (Å²) in [5, 5.41) is 8.57. The Morgan fingerprint density at radius 3 is 1.47 bits per heavy atom. The Balaban J connectivity index is 0.000000287. The third-order valence-corrected chi connectivity index (χ3v) is 10.00. The lowest BCUT2D eigenvalue weighted by Crippen LogP contribution is -2.28. The zero-order valence-electron chi connectivity index (χ0n) is 27.3. The summed E-state index contributed by atoms with van der Waals surface area (Å²) in [6.45, 7) is 3.14. The lowest BCUT2D eigenvalue weighted by atomic mass is 10.2.